The molecule has 0 unspecified atom stereocenters. The first-order valence-electron chi connectivity index (χ1n) is 31.3. The van der Waals surface area contributed by atoms with Crippen molar-refractivity contribution in [1.82, 2.24) is 44.1 Å². The molecule has 500 valence electrons. The maximum atomic E-state index is 13.1. The number of rotatable bonds is 13. The Bertz CT molecular complexity index is 5730. The minimum Gasteiger partial charge on any atom is -0.507 e. The van der Waals surface area contributed by atoms with Crippen LogP contribution in [0.2, 0.25) is 0 Å². The summed E-state index contributed by atoms with van der Waals surface area (Å²) in [5.74, 6) is 0.585. The predicted octanol–water partition coefficient (Wildman–Crippen LogP) is 14.9. The maximum absolute atomic E-state index is 13.1. The van der Waals surface area contributed by atoms with Gasteiger partial charge >= 0.3 is 0 Å². The lowest BCUT2D eigenvalue weighted by atomic mass is 10.0. The summed E-state index contributed by atoms with van der Waals surface area (Å²) in [7, 11) is 3.14. The molecular formula is C77H59N17O8. The molecule has 102 heavy (non-hydrogen) atoms. The number of benzene rings is 10. The highest BCUT2D eigenvalue weighted by Gasteiger charge is 2.22. The van der Waals surface area contributed by atoms with Gasteiger partial charge < -0.3 is 51.0 Å². The van der Waals surface area contributed by atoms with Crippen molar-refractivity contribution < 1.29 is 39.2 Å². The predicted molar refractivity (Wildman–Crippen MR) is 388 cm³/mol. The summed E-state index contributed by atoms with van der Waals surface area (Å²) in [6.07, 6.45) is 8.92. The average Bonchev–Trinajstić information content (AvgIpc) is 1.58. The zero-order chi connectivity index (χ0) is 71.2. The average molecular weight is 1350 g/mol. The van der Waals surface area contributed by atoms with Crippen molar-refractivity contribution in [3.8, 4) is 52.8 Å². The number of amides is 3. The van der Waals surface area contributed by atoms with Crippen molar-refractivity contribution in [3.05, 3.63) is 271 Å². The summed E-state index contributed by atoms with van der Waals surface area (Å²) in [5, 5.41) is 81.8. The molecule has 0 spiro atoms. The van der Waals surface area contributed by atoms with Crippen LogP contribution in [0.3, 0.4) is 0 Å². The number of nitrogens with zero attached hydrogens (tertiary/aromatic N) is 13. The van der Waals surface area contributed by atoms with Gasteiger partial charge in [-0.2, -0.15) is 30.1 Å². The molecule has 0 saturated heterocycles. The Morgan fingerprint density at radius 1 is 0.480 bits per heavy atom. The Kier molecular flexibility index (Phi) is 20.1. The number of methoxy groups -OCH3 is 2. The summed E-state index contributed by atoms with van der Waals surface area (Å²) >= 11 is 0. The Hall–Kier alpha value is -14.9. The monoisotopic (exact) mass is 1350 g/mol. The molecule has 5 aromatic heterocycles. The van der Waals surface area contributed by atoms with Gasteiger partial charge in [-0.15, -0.1) is 10.2 Å². The number of nitriles is 2. The molecule has 25 heteroatoms. The number of nitrogen functional groups attached to an aromatic ring is 1. The van der Waals surface area contributed by atoms with E-state index in [1.165, 1.54) is 39.7 Å². The van der Waals surface area contributed by atoms with E-state index < -0.39 is 5.91 Å². The number of carbonyl (C=O) groups is 3. The molecule has 0 atom stereocenters. The van der Waals surface area contributed by atoms with Gasteiger partial charge in [-0.3, -0.25) is 14.4 Å². The van der Waals surface area contributed by atoms with E-state index >= 15 is 0 Å². The van der Waals surface area contributed by atoms with E-state index in [0.717, 1.165) is 44.4 Å². The standard InChI is InChI=1S/C26H18N8O3.C25H20N2O2.C18H15NO3.C8H6N6/c1-37-19-9-7-18(8-10-19)31-25(36)21-13-16-5-2-3-6-20(16)22(23(21)35)32-33-24-17(14-27)15-30-34(24)26-28-11-4-12-29-26;1-2-27-22-10-6-5-9-19(22)20-15-18(11-12-23(20)27)26-25(29)21-13-16-7-3-4-8-17(16)14-24(21)28;1-22-15-8-6-14(7-9-15)19-18(21)16-10-12-4-2-3-5-13(12)11-17(16)20;9-4-6-5-13-14(7(6)10)8-11-2-1-3-12-8/h2-13,15,35H,1H3,(H,31,36);3-15,28H,2H2,1H3,(H,26,29);2-11,20H,1H3,(H,19,21);1-3,5H,10H2. The van der Waals surface area contributed by atoms with Crippen molar-refractivity contribution in [1.29, 1.82) is 10.5 Å². The van der Waals surface area contributed by atoms with Gasteiger partial charge in [-0.25, -0.2) is 19.9 Å². The van der Waals surface area contributed by atoms with Crippen molar-refractivity contribution in [2.24, 2.45) is 10.2 Å². The smallest absolute Gasteiger partial charge is 0.259 e. The number of carbonyl (C=O) groups excluding carboxylic acids is 3. The summed E-state index contributed by atoms with van der Waals surface area (Å²) in [5.41, 5.74) is 10.8. The number of phenols is 3. The fourth-order valence-corrected chi connectivity index (χ4v) is 11.0. The lowest BCUT2D eigenvalue weighted by Gasteiger charge is -2.11. The molecule has 0 saturated carbocycles. The summed E-state index contributed by atoms with van der Waals surface area (Å²) in [6.45, 7) is 3.00. The first-order chi connectivity index (χ1) is 49.7. The molecule has 10 aromatic carbocycles. The highest BCUT2D eigenvalue weighted by atomic mass is 16.5. The van der Waals surface area contributed by atoms with Crippen LogP contribution < -0.4 is 31.2 Å². The summed E-state index contributed by atoms with van der Waals surface area (Å²) in [6, 6.07) is 65.9. The molecule has 15 aromatic rings. The Balaban J connectivity index is 0.000000135. The van der Waals surface area contributed by atoms with E-state index in [2.05, 4.69) is 79.9 Å². The van der Waals surface area contributed by atoms with E-state index in [9.17, 15) is 35.0 Å². The van der Waals surface area contributed by atoms with Crippen LogP contribution in [0.1, 0.15) is 49.1 Å². The molecule has 3 amide bonds. The summed E-state index contributed by atoms with van der Waals surface area (Å²) in [4.78, 5) is 54.5. The fourth-order valence-electron chi connectivity index (χ4n) is 11.0. The number of hydrogen-bond donors (Lipinski definition) is 7. The zero-order valence-corrected chi connectivity index (χ0v) is 54.6. The van der Waals surface area contributed by atoms with Crippen molar-refractivity contribution in [2.75, 3.05) is 35.9 Å². The maximum Gasteiger partial charge on any atom is 0.259 e. The van der Waals surface area contributed by atoms with E-state index in [-0.39, 0.29) is 74.6 Å². The van der Waals surface area contributed by atoms with Gasteiger partial charge in [0.1, 0.15) is 57.8 Å². The number of nitrogens with two attached hydrogens (primary N) is 1. The Labute approximate surface area is 580 Å². The Morgan fingerprint density at radius 2 is 0.912 bits per heavy atom. The largest absolute Gasteiger partial charge is 0.507 e. The van der Waals surface area contributed by atoms with Crippen LogP contribution in [-0.4, -0.2) is 91.3 Å². The fraction of sp³-hybridized carbons (Fsp3) is 0.0519. The number of anilines is 4. The molecule has 0 radical (unpaired) electrons. The van der Waals surface area contributed by atoms with Crippen molar-refractivity contribution in [2.45, 2.75) is 13.5 Å². The lowest BCUT2D eigenvalue weighted by molar-refractivity contribution is 0.101. The van der Waals surface area contributed by atoms with Crippen LogP contribution in [-0.2, 0) is 6.54 Å². The number of aryl methyl sites for hydroxylation is 1. The van der Waals surface area contributed by atoms with E-state index in [0.29, 0.717) is 50.8 Å². The number of aromatic nitrogens is 9. The van der Waals surface area contributed by atoms with Crippen LogP contribution >= 0.6 is 0 Å². The molecule has 15 rings (SSSR count). The number of nitrogens with one attached hydrogen (secondary N) is 3. The lowest BCUT2D eigenvalue weighted by Crippen LogP contribution is -2.12. The third-order valence-electron chi connectivity index (χ3n) is 16.0. The van der Waals surface area contributed by atoms with Gasteiger partial charge in [0.25, 0.3) is 29.6 Å². The van der Waals surface area contributed by atoms with Gasteiger partial charge in [0.2, 0.25) is 0 Å². The second kappa shape index (κ2) is 30.5. The number of phenolic OH excluding ortho intramolecular Hbond substituents is 3. The SMILES string of the molecule is CCn1c2ccccc2c2cc(NC(=O)c3cc4ccccc4cc3O)ccc21.COc1ccc(NC(=O)c2cc3ccccc3c(N=Nc3c(C#N)cnn3-c3ncccn3)c2O)cc1.COc1ccc(NC(=O)c2cc3ccccc3cc2O)cc1.N#Cc1cnn(-c2ncccn2)c1N. The normalized spacial score (nSPS) is 10.8. The van der Waals surface area contributed by atoms with Gasteiger partial charge in [0, 0.05) is 75.6 Å². The first kappa shape index (κ1) is 67.1. The van der Waals surface area contributed by atoms with E-state index in [1.807, 2.05) is 91.0 Å². The van der Waals surface area contributed by atoms with Crippen LogP contribution in [0.4, 0.5) is 34.4 Å². The van der Waals surface area contributed by atoms with Crippen molar-refractivity contribution >= 4 is 106 Å². The Morgan fingerprint density at radius 3 is 1.43 bits per heavy atom. The van der Waals surface area contributed by atoms with Crippen LogP contribution in [0.5, 0.6) is 28.7 Å². The molecule has 0 aliphatic carbocycles. The zero-order valence-electron chi connectivity index (χ0n) is 54.6. The van der Waals surface area contributed by atoms with E-state index in [4.69, 9.17) is 20.5 Å². The second-order valence-electron chi connectivity index (χ2n) is 22.3. The molecular weight excluding hydrogens is 1290 g/mol. The van der Waals surface area contributed by atoms with Gasteiger partial charge in [0.15, 0.2) is 11.6 Å². The van der Waals surface area contributed by atoms with Crippen LogP contribution in [0, 0.1) is 22.7 Å². The quantitative estimate of drug-likeness (QED) is 0.0527. The van der Waals surface area contributed by atoms with Gasteiger partial charge in [0.05, 0.1) is 43.3 Å². The topological polar surface area (TPSA) is 357 Å². The molecule has 5 heterocycles. The number of hydrogen-bond acceptors (Lipinski definition) is 19. The molecule has 25 nitrogen and oxygen atoms in total. The third-order valence-corrected chi connectivity index (χ3v) is 16.0. The number of para-hydroxylation sites is 1. The van der Waals surface area contributed by atoms with Gasteiger partial charge in [-0.05, 0) is 149 Å². The third kappa shape index (κ3) is 14.6. The first-order valence-corrected chi connectivity index (χ1v) is 31.3. The minimum absolute atomic E-state index is 0.00359. The number of ether oxygens (including phenoxy) is 2. The molecule has 0 fully saturated rings. The van der Waals surface area contributed by atoms with Crippen LogP contribution in [0.15, 0.2) is 254 Å². The van der Waals surface area contributed by atoms with Gasteiger partial charge in [-0.1, -0.05) is 91.0 Å². The molecule has 0 aliphatic heterocycles. The van der Waals surface area contributed by atoms with Crippen molar-refractivity contribution in [3.63, 3.8) is 0 Å². The number of fused-ring (bicyclic) bond motifs is 6. The number of aromatic hydroxyl groups is 3. The highest BCUT2D eigenvalue weighted by Crippen LogP contribution is 2.41. The molecule has 0 aliphatic rings. The second-order valence-corrected chi connectivity index (χ2v) is 22.3. The highest BCUT2D eigenvalue weighted by molar-refractivity contribution is 6.14. The summed E-state index contributed by atoms with van der Waals surface area (Å²) < 4.78 is 15.1. The molecule has 0 bridgehead atoms. The van der Waals surface area contributed by atoms with E-state index in [1.54, 1.807) is 142 Å². The number of azo groups is 1. The molecule has 8 N–H and O–H groups in total. The minimum atomic E-state index is -0.537. The van der Waals surface area contributed by atoms with Crippen LogP contribution in [0.25, 0.3) is 66.0 Å².